The highest BCUT2D eigenvalue weighted by Gasteiger charge is 2.14. The third kappa shape index (κ3) is 4.90. The van der Waals surface area contributed by atoms with Crippen molar-refractivity contribution in [3.8, 4) is 0 Å². The van der Waals surface area contributed by atoms with Gasteiger partial charge in [-0.05, 0) is 32.1 Å². The molecule has 108 valence electrons. The number of benzene rings is 1. The largest absolute Gasteiger partial charge is 0.383 e. The predicted molar refractivity (Wildman–Crippen MR) is 76.6 cm³/mol. The van der Waals surface area contributed by atoms with Crippen molar-refractivity contribution < 1.29 is 9.13 Å². The van der Waals surface area contributed by atoms with E-state index < -0.39 is 0 Å². The lowest BCUT2D eigenvalue weighted by atomic mass is 10.1. The molecule has 0 bridgehead atoms. The van der Waals surface area contributed by atoms with Crippen molar-refractivity contribution in [2.75, 3.05) is 27.3 Å². The summed E-state index contributed by atoms with van der Waals surface area (Å²) in [5.74, 6) is -0.136. The maximum Gasteiger partial charge on any atom is 0.127 e. The summed E-state index contributed by atoms with van der Waals surface area (Å²) in [6, 6.07) is 5.59. The van der Waals surface area contributed by atoms with Crippen molar-refractivity contribution in [3.63, 3.8) is 0 Å². The summed E-state index contributed by atoms with van der Waals surface area (Å²) >= 11 is 0. The van der Waals surface area contributed by atoms with Gasteiger partial charge < -0.3 is 10.1 Å². The number of rotatable bonds is 8. The minimum atomic E-state index is -0.136. The van der Waals surface area contributed by atoms with Crippen LogP contribution in [-0.2, 0) is 17.8 Å². The van der Waals surface area contributed by atoms with Crippen LogP contribution in [0, 0.1) is 5.82 Å². The Morgan fingerprint density at radius 1 is 1.42 bits per heavy atom. The molecule has 1 rings (SSSR count). The summed E-state index contributed by atoms with van der Waals surface area (Å²) in [7, 11) is 3.58. The fourth-order valence-electron chi connectivity index (χ4n) is 2.21. The van der Waals surface area contributed by atoms with Crippen LogP contribution in [0.1, 0.15) is 25.0 Å². The Hall–Kier alpha value is -0.970. The zero-order valence-electron chi connectivity index (χ0n) is 12.4. The Morgan fingerprint density at radius 2 is 2.16 bits per heavy atom. The van der Waals surface area contributed by atoms with E-state index in [9.17, 15) is 4.39 Å². The van der Waals surface area contributed by atoms with Crippen LogP contribution in [0.5, 0.6) is 0 Å². The van der Waals surface area contributed by atoms with Gasteiger partial charge in [-0.3, -0.25) is 4.90 Å². The third-order valence-corrected chi connectivity index (χ3v) is 3.30. The molecule has 0 saturated carbocycles. The Bertz CT molecular complexity index is 384. The van der Waals surface area contributed by atoms with Gasteiger partial charge >= 0.3 is 0 Å². The number of methoxy groups -OCH3 is 1. The third-order valence-electron chi connectivity index (χ3n) is 3.30. The molecule has 0 aliphatic heterocycles. The molecule has 0 aliphatic carbocycles. The standard InChI is InChI=1S/C15H25FN2O/c1-5-18(12(2)11-19-4)10-14-8-13(9-17-3)6-7-15(14)16/h6-8,12,17H,5,9-11H2,1-4H3. The van der Waals surface area contributed by atoms with E-state index in [1.807, 2.05) is 19.2 Å². The van der Waals surface area contributed by atoms with E-state index in [4.69, 9.17) is 4.74 Å². The van der Waals surface area contributed by atoms with Crippen LogP contribution >= 0.6 is 0 Å². The van der Waals surface area contributed by atoms with Gasteiger partial charge in [0.15, 0.2) is 0 Å². The summed E-state index contributed by atoms with van der Waals surface area (Å²) in [4.78, 5) is 2.21. The van der Waals surface area contributed by atoms with Gasteiger partial charge in [0.2, 0.25) is 0 Å². The number of likely N-dealkylation sites (N-methyl/N-ethyl adjacent to an activating group) is 1. The molecule has 0 radical (unpaired) electrons. The number of halogens is 1. The van der Waals surface area contributed by atoms with Gasteiger partial charge in [-0.15, -0.1) is 0 Å². The van der Waals surface area contributed by atoms with Crippen molar-refractivity contribution in [1.82, 2.24) is 10.2 Å². The van der Waals surface area contributed by atoms with Crippen molar-refractivity contribution in [2.45, 2.75) is 33.0 Å². The smallest absolute Gasteiger partial charge is 0.127 e. The summed E-state index contributed by atoms with van der Waals surface area (Å²) in [5, 5.41) is 3.08. The minimum absolute atomic E-state index is 0.136. The zero-order valence-corrected chi connectivity index (χ0v) is 12.4. The van der Waals surface area contributed by atoms with Crippen molar-refractivity contribution in [1.29, 1.82) is 0 Å². The van der Waals surface area contributed by atoms with Crippen molar-refractivity contribution in [3.05, 3.63) is 35.1 Å². The summed E-state index contributed by atoms with van der Waals surface area (Å²) in [6.07, 6.45) is 0. The van der Waals surface area contributed by atoms with E-state index in [0.717, 1.165) is 24.2 Å². The van der Waals surface area contributed by atoms with Crippen LogP contribution in [0.4, 0.5) is 4.39 Å². The van der Waals surface area contributed by atoms with Crippen LogP contribution in [-0.4, -0.2) is 38.3 Å². The lowest BCUT2D eigenvalue weighted by Crippen LogP contribution is -2.35. The first-order chi connectivity index (χ1) is 9.12. The molecule has 0 saturated heterocycles. The molecule has 1 N–H and O–H groups in total. The first-order valence-corrected chi connectivity index (χ1v) is 6.77. The Kier molecular flexibility index (Phi) is 6.99. The molecule has 0 aliphatic rings. The highest BCUT2D eigenvalue weighted by Crippen LogP contribution is 2.15. The van der Waals surface area contributed by atoms with Gasteiger partial charge in [0.1, 0.15) is 5.82 Å². The van der Waals surface area contributed by atoms with E-state index >= 15 is 0 Å². The number of nitrogens with one attached hydrogen (secondary N) is 1. The second-order valence-electron chi connectivity index (χ2n) is 4.82. The molecule has 1 unspecified atom stereocenters. The number of ether oxygens (including phenoxy) is 1. The molecule has 3 nitrogen and oxygen atoms in total. The SMILES string of the molecule is CCN(Cc1cc(CNC)ccc1F)C(C)COC. The van der Waals surface area contributed by atoms with Gasteiger partial charge in [-0.1, -0.05) is 19.1 Å². The fraction of sp³-hybridized carbons (Fsp3) is 0.600. The molecule has 0 aromatic heterocycles. The van der Waals surface area contributed by atoms with E-state index in [1.165, 1.54) is 0 Å². The average Bonchev–Trinajstić information content (AvgIpc) is 2.39. The maximum absolute atomic E-state index is 13.9. The quantitative estimate of drug-likeness (QED) is 0.783. The highest BCUT2D eigenvalue weighted by atomic mass is 19.1. The Labute approximate surface area is 115 Å². The summed E-state index contributed by atoms with van der Waals surface area (Å²) in [6.45, 7) is 7.09. The molecular weight excluding hydrogens is 243 g/mol. The Balaban J connectivity index is 2.80. The molecular formula is C15H25FN2O. The summed E-state index contributed by atoms with van der Waals surface area (Å²) in [5.41, 5.74) is 1.85. The molecule has 0 spiro atoms. The molecule has 1 aromatic rings. The van der Waals surface area contributed by atoms with E-state index in [-0.39, 0.29) is 11.9 Å². The topological polar surface area (TPSA) is 24.5 Å². The number of nitrogens with zero attached hydrogens (tertiary/aromatic N) is 1. The second-order valence-corrected chi connectivity index (χ2v) is 4.82. The second kappa shape index (κ2) is 8.25. The van der Waals surface area contributed by atoms with E-state index in [2.05, 4.69) is 24.1 Å². The first kappa shape index (κ1) is 16.1. The van der Waals surface area contributed by atoms with Gasteiger partial charge in [0, 0.05) is 31.8 Å². The maximum atomic E-state index is 13.9. The minimum Gasteiger partial charge on any atom is -0.383 e. The summed E-state index contributed by atoms with van der Waals surface area (Å²) < 4.78 is 19.0. The molecule has 1 atom stereocenters. The first-order valence-electron chi connectivity index (χ1n) is 6.77. The highest BCUT2D eigenvalue weighted by molar-refractivity contribution is 5.25. The van der Waals surface area contributed by atoms with Gasteiger partial charge in [-0.25, -0.2) is 4.39 Å². The van der Waals surface area contributed by atoms with E-state index in [1.54, 1.807) is 13.2 Å². The normalized spacial score (nSPS) is 12.9. The Morgan fingerprint density at radius 3 is 2.74 bits per heavy atom. The van der Waals surface area contributed by atoms with Crippen molar-refractivity contribution in [2.24, 2.45) is 0 Å². The van der Waals surface area contributed by atoms with Crippen LogP contribution in [0.2, 0.25) is 0 Å². The molecule has 0 amide bonds. The molecule has 0 fully saturated rings. The van der Waals surface area contributed by atoms with Crippen LogP contribution in [0.25, 0.3) is 0 Å². The number of hydrogen-bond acceptors (Lipinski definition) is 3. The number of hydrogen-bond donors (Lipinski definition) is 1. The average molecular weight is 268 g/mol. The van der Waals surface area contributed by atoms with Crippen LogP contribution in [0.3, 0.4) is 0 Å². The predicted octanol–water partition coefficient (Wildman–Crippen LogP) is 2.40. The zero-order chi connectivity index (χ0) is 14.3. The van der Waals surface area contributed by atoms with Crippen LogP contribution in [0.15, 0.2) is 18.2 Å². The van der Waals surface area contributed by atoms with Gasteiger partial charge in [-0.2, -0.15) is 0 Å². The lowest BCUT2D eigenvalue weighted by molar-refractivity contribution is 0.0974. The molecule has 4 heteroatoms. The van der Waals surface area contributed by atoms with Crippen molar-refractivity contribution >= 4 is 0 Å². The van der Waals surface area contributed by atoms with Gasteiger partial charge in [0.25, 0.3) is 0 Å². The lowest BCUT2D eigenvalue weighted by Gasteiger charge is -2.27. The van der Waals surface area contributed by atoms with E-state index in [0.29, 0.717) is 13.2 Å². The monoisotopic (exact) mass is 268 g/mol. The van der Waals surface area contributed by atoms with Gasteiger partial charge in [0.05, 0.1) is 6.61 Å². The van der Waals surface area contributed by atoms with Crippen LogP contribution < -0.4 is 5.32 Å². The molecule has 19 heavy (non-hydrogen) atoms. The molecule has 0 heterocycles. The molecule has 1 aromatic carbocycles. The fourth-order valence-corrected chi connectivity index (χ4v) is 2.21.